The Bertz CT molecular complexity index is 505. The van der Waals surface area contributed by atoms with E-state index in [0.717, 1.165) is 17.6 Å². The van der Waals surface area contributed by atoms with Gasteiger partial charge in [-0.05, 0) is 12.0 Å². The van der Waals surface area contributed by atoms with E-state index in [9.17, 15) is 22.8 Å². The highest BCUT2D eigenvalue weighted by atomic mass is 19.4. The molecule has 122 valence electrons. The highest BCUT2D eigenvalue weighted by Gasteiger charge is 2.49. The maximum absolute atomic E-state index is 12.6. The van der Waals surface area contributed by atoms with Crippen LogP contribution in [-0.2, 0) is 20.7 Å². The van der Waals surface area contributed by atoms with Crippen LogP contribution in [0.5, 0.6) is 0 Å². The molecule has 1 unspecified atom stereocenters. The molecule has 5 nitrogen and oxygen atoms in total. The van der Waals surface area contributed by atoms with Gasteiger partial charge in [-0.2, -0.15) is 13.2 Å². The van der Waals surface area contributed by atoms with Crippen LogP contribution in [0.3, 0.4) is 0 Å². The van der Waals surface area contributed by atoms with Crippen molar-refractivity contribution in [2.75, 3.05) is 20.7 Å². The Balaban J connectivity index is 2.60. The van der Waals surface area contributed by atoms with Gasteiger partial charge in [-0.15, -0.1) is 0 Å². The minimum absolute atomic E-state index is 0.147. The maximum atomic E-state index is 12.6. The Hall–Kier alpha value is -2.25. The average Bonchev–Trinajstić information content (AvgIpc) is 2.49. The number of benzene rings is 1. The molecule has 1 atom stereocenters. The lowest BCUT2D eigenvalue weighted by Crippen LogP contribution is -2.44. The number of nitrogens with zero attached hydrogens (tertiary/aromatic N) is 1. The van der Waals surface area contributed by atoms with Crippen molar-refractivity contribution in [1.29, 1.82) is 0 Å². The van der Waals surface area contributed by atoms with E-state index in [1.54, 1.807) is 0 Å². The molecule has 0 radical (unpaired) electrons. The number of alkyl halides is 3. The van der Waals surface area contributed by atoms with Crippen LogP contribution in [-0.4, -0.2) is 49.9 Å². The topological polar surface area (TPSA) is 55.8 Å². The third-order valence-electron chi connectivity index (χ3n) is 2.82. The van der Waals surface area contributed by atoms with E-state index in [-0.39, 0.29) is 6.54 Å². The molecular weight excluding hydrogens is 303 g/mol. The molecule has 22 heavy (non-hydrogen) atoms. The molecule has 0 aromatic heterocycles. The summed E-state index contributed by atoms with van der Waals surface area (Å²) in [6, 6.07) is 9.10. The Labute approximate surface area is 125 Å². The number of hydrogen-bond acceptors (Lipinski definition) is 4. The maximum Gasteiger partial charge on any atom is 0.436 e. The van der Waals surface area contributed by atoms with Gasteiger partial charge in [0.25, 0.3) is 6.10 Å². The fourth-order valence-corrected chi connectivity index (χ4v) is 1.58. The third-order valence-corrected chi connectivity index (χ3v) is 2.82. The number of amides is 1. The highest BCUT2D eigenvalue weighted by molar-refractivity contribution is 5.79. The monoisotopic (exact) mass is 319 g/mol. The second-order valence-electron chi connectivity index (χ2n) is 4.49. The van der Waals surface area contributed by atoms with Gasteiger partial charge in [0.05, 0.1) is 7.11 Å². The Morgan fingerprint density at radius 1 is 1.23 bits per heavy atom. The first-order chi connectivity index (χ1) is 10.3. The van der Waals surface area contributed by atoms with Crippen LogP contribution in [0.2, 0.25) is 0 Å². The summed E-state index contributed by atoms with van der Waals surface area (Å²) in [4.78, 5) is 23.7. The first-order valence-electron chi connectivity index (χ1n) is 6.36. The quantitative estimate of drug-likeness (QED) is 0.782. The lowest BCUT2D eigenvalue weighted by atomic mass is 10.1. The Morgan fingerprint density at radius 3 is 2.32 bits per heavy atom. The number of likely N-dealkylation sites (N-methyl/N-ethyl adjacent to an activating group) is 1. The molecule has 0 fully saturated rings. The summed E-state index contributed by atoms with van der Waals surface area (Å²) in [7, 11) is 2.07. The van der Waals surface area contributed by atoms with Gasteiger partial charge in [0.1, 0.15) is 0 Å². The highest BCUT2D eigenvalue weighted by Crippen LogP contribution is 2.24. The zero-order valence-electron chi connectivity index (χ0n) is 12.1. The van der Waals surface area contributed by atoms with Crippen LogP contribution in [0.4, 0.5) is 18.0 Å². The van der Waals surface area contributed by atoms with Crippen LogP contribution in [0.25, 0.3) is 0 Å². The van der Waals surface area contributed by atoms with E-state index < -0.39 is 24.3 Å². The largest absolute Gasteiger partial charge is 0.466 e. The molecule has 0 bridgehead atoms. The van der Waals surface area contributed by atoms with Crippen LogP contribution >= 0.6 is 0 Å². The summed E-state index contributed by atoms with van der Waals surface area (Å²) >= 11 is 0. The van der Waals surface area contributed by atoms with Gasteiger partial charge in [0, 0.05) is 13.6 Å². The van der Waals surface area contributed by atoms with Crippen LogP contribution in [0.15, 0.2) is 30.3 Å². The minimum atomic E-state index is -5.02. The first-order valence-corrected chi connectivity index (χ1v) is 6.36. The van der Waals surface area contributed by atoms with E-state index in [1.165, 1.54) is 7.05 Å². The van der Waals surface area contributed by atoms with E-state index in [0.29, 0.717) is 6.42 Å². The van der Waals surface area contributed by atoms with E-state index >= 15 is 0 Å². The molecule has 1 aromatic rings. The zero-order chi connectivity index (χ0) is 16.8. The molecule has 8 heteroatoms. The molecule has 0 heterocycles. The standard InChI is InChI=1S/C14H16F3NO4/c1-18(9-8-10-6-4-3-5-7-10)13(20)22-11(12(19)21-2)14(15,16)17/h3-7,11H,8-9H2,1-2H3. The molecule has 0 saturated carbocycles. The number of hydrogen-bond donors (Lipinski definition) is 0. The number of halogens is 3. The summed E-state index contributed by atoms with van der Waals surface area (Å²) in [6.07, 6.45) is -8.75. The van der Waals surface area contributed by atoms with Gasteiger partial charge < -0.3 is 14.4 Å². The molecule has 1 amide bonds. The second kappa shape index (κ2) is 7.67. The lowest BCUT2D eigenvalue weighted by Gasteiger charge is -2.22. The van der Waals surface area contributed by atoms with Crippen molar-refractivity contribution in [2.24, 2.45) is 0 Å². The molecule has 1 aromatic carbocycles. The molecule has 0 N–H and O–H groups in total. The summed E-state index contributed by atoms with van der Waals surface area (Å²) in [5.74, 6) is -1.67. The fourth-order valence-electron chi connectivity index (χ4n) is 1.58. The average molecular weight is 319 g/mol. The summed E-state index contributed by atoms with van der Waals surface area (Å²) < 4.78 is 46.1. The van der Waals surface area contributed by atoms with Crippen molar-refractivity contribution in [3.63, 3.8) is 0 Å². The number of esters is 1. The molecule has 0 aliphatic heterocycles. The number of ether oxygens (including phenoxy) is 2. The van der Waals surface area contributed by atoms with Crippen LogP contribution in [0.1, 0.15) is 5.56 Å². The molecule has 0 spiro atoms. The smallest absolute Gasteiger partial charge is 0.436 e. The number of carbonyl (C=O) groups is 2. The zero-order valence-corrected chi connectivity index (χ0v) is 12.1. The summed E-state index contributed by atoms with van der Waals surface area (Å²) in [5, 5.41) is 0. The van der Waals surface area contributed by atoms with Crippen LogP contribution < -0.4 is 0 Å². The van der Waals surface area contributed by atoms with Crippen molar-refractivity contribution in [1.82, 2.24) is 4.90 Å². The van der Waals surface area contributed by atoms with Gasteiger partial charge >= 0.3 is 18.2 Å². The molecule has 0 aliphatic rings. The van der Waals surface area contributed by atoms with Gasteiger partial charge in [-0.25, -0.2) is 9.59 Å². The summed E-state index contributed by atoms with van der Waals surface area (Å²) in [5.41, 5.74) is 0.919. The van der Waals surface area contributed by atoms with Crippen molar-refractivity contribution < 1.29 is 32.2 Å². The number of rotatable bonds is 5. The predicted molar refractivity (Wildman–Crippen MR) is 71.1 cm³/mol. The fraction of sp³-hybridized carbons (Fsp3) is 0.429. The molecule has 0 saturated heterocycles. The van der Waals surface area contributed by atoms with Crippen molar-refractivity contribution in [3.05, 3.63) is 35.9 Å². The van der Waals surface area contributed by atoms with E-state index in [4.69, 9.17) is 0 Å². The SMILES string of the molecule is COC(=O)C(OC(=O)N(C)CCc1ccccc1)C(F)(F)F. The lowest BCUT2D eigenvalue weighted by molar-refractivity contribution is -0.217. The normalized spacial score (nSPS) is 12.4. The summed E-state index contributed by atoms with van der Waals surface area (Å²) in [6.45, 7) is 0.147. The molecule has 1 rings (SSSR count). The first kappa shape index (κ1) is 17.8. The van der Waals surface area contributed by atoms with Crippen molar-refractivity contribution in [3.8, 4) is 0 Å². The molecule has 0 aliphatic carbocycles. The second-order valence-corrected chi connectivity index (χ2v) is 4.49. The Morgan fingerprint density at radius 2 is 1.82 bits per heavy atom. The third kappa shape index (κ3) is 5.27. The molecular formula is C14H16F3NO4. The van der Waals surface area contributed by atoms with Gasteiger partial charge in [0.15, 0.2) is 0 Å². The van der Waals surface area contributed by atoms with Gasteiger partial charge in [0.2, 0.25) is 0 Å². The van der Waals surface area contributed by atoms with Crippen molar-refractivity contribution in [2.45, 2.75) is 18.7 Å². The predicted octanol–water partition coefficient (Wildman–Crippen LogP) is 2.40. The number of carbonyl (C=O) groups excluding carboxylic acids is 2. The Kier molecular flexibility index (Phi) is 6.21. The number of methoxy groups -OCH3 is 1. The van der Waals surface area contributed by atoms with Gasteiger partial charge in [-0.1, -0.05) is 30.3 Å². The van der Waals surface area contributed by atoms with Crippen molar-refractivity contribution >= 4 is 12.1 Å². The van der Waals surface area contributed by atoms with Gasteiger partial charge in [-0.3, -0.25) is 0 Å². The minimum Gasteiger partial charge on any atom is -0.466 e. The van der Waals surface area contributed by atoms with Crippen LogP contribution in [0, 0.1) is 0 Å². The van der Waals surface area contributed by atoms with E-state index in [2.05, 4.69) is 9.47 Å². The van der Waals surface area contributed by atoms with E-state index in [1.807, 2.05) is 30.3 Å².